The van der Waals surface area contributed by atoms with Crippen molar-refractivity contribution in [2.45, 2.75) is 69.2 Å². The number of rotatable bonds is 7. The molecule has 3 aliphatic rings. The summed E-state index contributed by atoms with van der Waals surface area (Å²) < 4.78 is 26.6. The average Bonchev–Trinajstić information content (AvgIpc) is 3.41. The third-order valence-electron chi connectivity index (χ3n) is 7.88. The highest BCUT2D eigenvalue weighted by Crippen LogP contribution is 2.46. The van der Waals surface area contributed by atoms with Crippen molar-refractivity contribution in [2.24, 2.45) is 0 Å². The molecule has 7 nitrogen and oxygen atoms in total. The van der Waals surface area contributed by atoms with Gasteiger partial charge in [0.2, 0.25) is 0 Å². The molecule has 190 valence electrons. The number of hydrogen-bond donors (Lipinski definition) is 1. The van der Waals surface area contributed by atoms with E-state index in [-0.39, 0.29) is 17.5 Å². The molecule has 3 atom stereocenters. The van der Waals surface area contributed by atoms with Crippen molar-refractivity contribution in [3.63, 3.8) is 0 Å². The van der Waals surface area contributed by atoms with E-state index < -0.39 is 5.97 Å². The fraction of sp³-hybridized carbons (Fsp3) is 0.393. The number of piperidine rings is 1. The van der Waals surface area contributed by atoms with Gasteiger partial charge in [-0.1, -0.05) is 16.5 Å². The molecule has 0 radical (unpaired) electrons. The lowest BCUT2D eigenvalue weighted by molar-refractivity contribution is 0.0147. The summed E-state index contributed by atoms with van der Waals surface area (Å²) in [5.74, 6) is 0.120. The van der Waals surface area contributed by atoms with Crippen LogP contribution in [0.2, 0.25) is 0 Å². The van der Waals surface area contributed by atoms with Crippen molar-refractivity contribution in [1.82, 2.24) is 10.1 Å². The predicted octanol–water partition coefficient (Wildman–Crippen LogP) is 6.38. The second-order valence-corrected chi connectivity index (χ2v) is 11.3. The van der Waals surface area contributed by atoms with Crippen molar-refractivity contribution in [3.05, 3.63) is 65.2 Å². The molecule has 1 N–H and O–H groups in total. The van der Waals surface area contributed by atoms with Gasteiger partial charge in [0.05, 0.1) is 28.5 Å². The minimum Gasteiger partial charge on any atom is -0.478 e. The van der Waals surface area contributed by atoms with Crippen LogP contribution in [0.5, 0.6) is 0 Å². The summed E-state index contributed by atoms with van der Waals surface area (Å²) in [6, 6.07) is 12.2. The Morgan fingerprint density at radius 1 is 1.11 bits per heavy atom. The second kappa shape index (κ2) is 8.92. The lowest BCUT2D eigenvalue weighted by Gasteiger charge is -2.38. The first-order chi connectivity index (χ1) is 18.0. The third-order valence-corrected chi connectivity index (χ3v) is 8.91. The van der Waals surface area contributed by atoms with Crippen LogP contribution in [0.25, 0.3) is 21.5 Å². The minimum atomic E-state index is -0.921. The number of thiazole rings is 1. The fourth-order valence-corrected chi connectivity index (χ4v) is 7.04. The second-order valence-electron chi connectivity index (χ2n) is 10.3. The van der Waals surface area contributed by atoms with E-state index in [1.165, 1.54) is 12.1 Å². The van der Waals surface area contributed by atoms with Gasteiger partial charge in [-0.25, -0.2) is 14.2 Å². The highest BCUT2D eigenvalue weighted by Gasteiger charge is 2.43. The van der Waals surface area contributed by atoms with Gasteiger partial charge in [-0.05, 0) is 81.0 Å². The highest BCUT2D eigenvalue weighted by atomic mass is 32.1. The zero-order valence-corrected chi connectivity index (χ0v) is 20.9. The Labute approximate surface area is 216 Å². The molecule has 2 aromatic heterocycles. The maximum atomic E-state index is 13.5. The van der Waals surface area contributed by atoms with E-state index >= 15 is 0 Å². The zero-order valence-electron chi connectivity index (χ0n) is 20.1. The number of fused-ring (bicyclic) bond motifs is 3. The van der Waals surface area contributed by atoms with Gasteiger partial charge in [0.1, 0.15) is 17.3 Å². The maximum absolute atomic E-state index is 13.5. The smallest absolute Gasteiger partial charge is 0.335 e. The van der Waals surface area contributed by atoms with Gasteiger partial charge in [-0.2, -0.15) is 0 Å². The summed E-state index contributed by atoms with van der Waals surface area (Å²) in [5, 5.41) is 14.6. The molecule has 7 rings (SSSR count). The molecule has 37 heavy (non-hydrogen) atoms. The van der Waals surface area contributed by atoms with E-state index in [0.717, 1.165) is 76.5 Å². The van der Waals surface area contributed by atoms with Crippen LogP contribution in [-0.2, 0) is 11.3 Å². The number of carboxylic acids is 1. The molecule has 9 heteroatoms. The summed E-state index contributed by atoms with van der Waals surface area (Å²) in [7, 11) is 0. The Hall–Kier alpha value is -3.30. The first kappa shape index (κ1) is 22.9. The van der Waals surface area contributed by atoms with Crippen molar-refractivity contribution >= 4 is 32.7 Å². The predicted molar refractivity (Wildman–Crippen MR) is 138 cm³/mol. The molecule has 2 aliphatic heterocycles. The zero-order chi connectivity index (χ0) is 25.1. The van der Waals surface area contributed by atoms with Gasteiger partial charge in [0, 0.05) is 29.1 Å². The summed E-state index contributed by atoms with van der Waals surface area (Å²) in [6.45, 7) is 0.436. The molecule has 2 aromatic carbocycles. The Morgan fingerprint density at radius 3 is 2.57 bits per heavy atom. The summed E-state index contributed by atoms with van der Waals surface area (Å²) in [4.78, 5) is 18.6. The molecule has 2 bridgehead atoms. The summed E-state index contributed by atoms with van der Waals surface area (Å²) in [5.41, 5.74) is 3.71. The molecule has 1 aliphatic carbocycles. The first-order valence-electron chi connectivity index (χ1n) is 12.8. The van der Waals surface area contributed by atoms with Gasteiger partial charge in [0.25, 0.3) is 0 Å². The first-order valence-corrected chi connectivity index (χ1v) is 13.6. The topological polar surface area (TPSA) is 88.7 Å². The van der Waals surface area contributed by atoms with Crippen molar-refractivity contribution in [3.8, 4) is 11.3 Å². The molecule has 4 aromatic rings. The SMILES string of the molecule is O=C(O)c1ccc2nc(N3C4CC[C@H]3CC(OCc3c(-c5ccc(F)cc5)noc3C3CC3)C4)sc2c1. The molecule has 0 amide bonds. The normalized spacial score (nSPS) is 23.2. The number of nitrogens with zero attached hydrogens (tertiary/aromatic N) is 3. The summed E-state index contributed by atoms with van der Waals surface area (Å²) in [6.07, 6.45) is 6.37. The van der Waals surface area contributed by atoms with E-state index in [9.17, 15) is 14.3 Å². The average molecular weight is 520 g/mol. The van der Waals surface area contributed by atoms with Gasteiger partial charge in [0.15, 0.2) is 5.13 Å². The molecule has 0 spiro atoms. The van der Waals surface area contributed by atoms with E-state index in [1.54, 1.807) is 41.7 Å². The van der Waals surface area contributed by atoms with E-state index in [0.29, 0.717) is 24.6 Å². The number of benzene rings is 2. The fourth-order valence-electron chi connectivity index (χ4n) is 5.89. The van der Waals surface area contributed by atoms with E-state index in [4.69, 9.17) is 14.2 Å². The van der Waals surface area contributed by atoms with Crippen LogP contribution in [0.3, 0.4) is 0 Å². The van der Waals surface area contributed by atoms with Crippen LogP contribution in [0, 0.1) is 5.82 Å². The quantitative estimate of drug-likeness (QED) is 0.303. The van der Waals surface area contributed by atoms with Crippen LogP contribution < -0.4 is 4.90 Å². The summed E-state index contributed by atoms with van der Waals surface area (Å²) >= 11 is 1.57. The van der Waals surface area contributed by atoms with E-state index in [1.807, 2.05) is 0 Å². The Bertz CT molecular complexity index is 1460. The number of ether oxygens (including phenoxy) is 1. The molecule has 2 saturated heterocycles. The number of halogens is 1. The van der Waals surface area contributed by atoms with Gasteiger partial charge >= 0.3 is 5.97 Å². The molecule has 3 fully saturated rings. The number of carboxylic acid groups (broad SMARTS) is 1. The third kappa shape index (κ3) is 4.20. The minimum absolute atomic E-state index is 0.129. The molecular formula is C28H26FN3O4S. The van der Waals surface area contributed by atoms with Gasteiger partial charge in [-0.15, -0.1) is 0 Å². The molecule has 2 unspecified atom stereocenters. The monoisotopic (exact) mass is 519 g/mol. The number of aromatic nitrogens is 2. The lowest BCUT2D eigenvalue weighted by Crippen LogP contribution is -2.45. The van der Waals surface area contributed by atoms with Crippen LogP contribution in [0.15, 0.2) is 47.0 Å². The van der Waals surface area contributed by atoms with Crippen molar-refractivity contribution < 1.29 is 23.6 Å². The van der Waals surface area contributed by atoms with Crippen LogP contribution in [0.4, 0.5) is 9.52 Å². The Kier molecular flexibility index (Phi) is 5.51. The molecule has 4 heterocycles. The number of carbonyl (C=O) groups is 1. The number of aromatic carboxylic acids is 1. The number of anilines is 1. The van der Waals surface area contributed by atoms with Crippen molar-refractivity contribution in [2.75, 3.05) is 4.90 Å². The highest BCUT2D eigenvalue weighted by molar-refractivity contribution is 7.22. The van der Waals surface area contributed by atoms with Crippen molar-refractivity contribution in [1.29, 1.82) is 0 Å². The Morgan fingerprint density at radius 2 is 1.86 bits per heavy atom. The van der Waals surface area contributed by atoms with Crippen LogP contribution >= 0.6 is 11.3 Å². The lowest BCUT2D eigenvalue weighted by atomic mass is 10.00. The molecule has 1 saturated carbocycles. The van der Waals surface area contributed by atoms with Crippen LogP contribution in [0.1, 0.15) is 66.1 Å². The molecular weight excluding hydrogens is 493 g/mol. The Balaban J connectivity index is 1.08. The van der Waals surface area contributed by atoms with Gasteiger partial charge < -0.3 is 19.3 Å². The number of hydrogen-bond acceptors (Lipinski definition) is 7. The maximum Gasteiger partial charge on any atom is 0.335 e. The van der Waals surface area contributed by atoms with Gasteiger partial charge in [-0.3, -0.25) is 0 Å². The standard InChI is InChI=1S/C28H26FN3O4S/c29-18-6-3-15(4-7-18)25-22(26(36-31-25)16-1-2-16)14-35-21-12-19-8-9-20(13-21)32(19)28-30-23-10-5-17(27(33)34)11-24(23)37-28/h3-7,10-11,16,19-21H,1-2,8-9,12-14H2,(H,33,34)/t19-,20?,21?/m0/s1. The van der Waals surface area contributed by atoms with Crippen LogP contribution in [-0.4, -0.2) is 39.4 Å². The van der Waals surface area contributed by atoms with E-state index in [2.05, 4.69) is 10.1 Å². The largest absolute Gasteiger partial charge is 0.478 e.